The Hall–Kier alpha value is -2.10. The van der Waals surface area contributed by atoms with Gasteiger partial charge in [-0.05, 0) is 50.8 Å². The smallest absolute Gasteiger partial charge is 0.225 e. The molecule has 0 unspecified atom stereocenters. The van der Waals surface area contributed by atoms with Crippen LogP contribution in [0.4, 0.5) is 5.69 Å². The van der Waals surface area contributed by atoms with Gasteiger partial charge in [0.25, 0.3) is 0 Å². The minimum atomic E-state index is 0.217. The molecule has 4 heteroatoms. The summed E-state index contributed by atoms with van der Waals surface area (Å²) in [6, 6.07) is 8.54. The van der Waals surface area contributed by atoms with Crippen molar-refractivity contribution in [2.75, 3.05) is 31.1 Å². The van der Waals surface area contributed by atoms with Gasteiger partial charge in [0, 0.05) is 49.4 Å². The van der Waals surface area contributed by atoms with Crippen LogP contribution in [-0.2, 0) is 4.79 Å². The van der Waals surface area contributed by atoms with Gasteiger partial charge in [-0.3, -0.25) is 9.78 Å². The van der Waals surface area contributed by atoms with Gasteiger partial charge in [-0.2, -0.15) is 0 Å². The van der Waals surface area contributed by atoms with Crippen LogP contribution in [0.15, 0.2) is 30.5 Å². The van der Waals surface area contributed by atoms with Crippen molar-refractivity contribution < 1.29 is 4.79 Å². The molecule has 2 aliphatic rings. The van der Waals surface area contributed by atoms with Gasteiger partial charge in [-0.15, -0.1) is 0 Å². The van der Waals surface area contributed by atoms with Gasteiger partial charge < -0.3 is 9.80 Å². The Morgan fingerprint density at radius 2 is 1.83 bits per heavy atom. The largest absolute Gasteiger partial charge is 0.371 e. The Bertz CT molecular complexity index is 744. The summed E-state index contributed by atoms with van der Waals surface area (Å²) < 4.78 is 0. The molecule has 3 heterocycles. The summed E-state index contributed by atoms with van der Waals surface area (Å²) in [5.41, 5.74) is 3.57. The van der Waals surface area contributed by atoms with E-state index >= 15 is 0 Å². The van der Waals surface area contributed by atoms with Crippen LogP contribution < -0.4 is 4.90 Å². The molecule has 4 rings (SSSR count). The third kappa shape index (κ3) is 2.85. The number of hydrogen-bond acceptors (Lipinski definition) is 3. The van der Waals surface area contributed by atoms with Crippen molar-refractivity contribution in [2.45, 2.75) is 32.6 Å². The number of amides is 1. The summed E-state index contributed by atoms with van der Waals surface area (Å²) in [6.07, 6.45) is 6.17. The number of benzene rings is 1. The number of carbonyl (C=O) groups is 1. The Morgan fingerprint density at radius 3 is 2.58 bits per heavy atom. The molecule has 0 saturated carbocycles. The first-order valence-corrected chi connectivity index (χ1v) is 9.11. The van der Waals surface area contributed by atoms with E-state index in [1.165, 1.54) is 29.5 Å². The number of likely N-dealkylation sites (tertiary alicyclic amines) is 1. The third-order valence-corrected chi connectivity index (χ3v) is 5.48. The number of aromatic nitrogens is 1. The first-order chi connectivity index (χ1) is 11.7. The summed E-state index contributed by atoms with van der Waals surface area (Å²) >= 11 is 0. The summed E-state index contributed by atoms with van der Waals surface area (Å²) in [6.45, 7) is 5.96. The molecule has 0 radical (unpaired) electrons. The van der Waals surface area contributed by atoms with Crippen molar-refractivity contribution in [3.63, 3.8) is 0 Å². The third-order valence-electron chi connectivity index (χ3n) is 5.48. The van der Waals surface area contributed by atoms with Crippen LogP contribution in [-0.4, -0.2) is 42.0 Å². The van der Waals surface area contributed by atoms with E-state index in [2.05, 4.69) is 46.0 Å². The van der Waals surface area contributed by atoms with Gasteiger partial charge in [0.05, 0.1) is 5.52 Å². The first kappa shape index (κ1) is 15.4. The molecule has 0 bridgehead atoms. The van der Waals surface area contributed by atoms with E-state index in [1.54, 1.807) is 0 Å². The van der Waals surface area contributed by atoms with Crippen LogP contribution in [0.5, 0.6) is 0 Å². The molecule has 4 nitrogen and oxygen atoms in total. The zero-order chi connectivity index (χ0) is 16.5. The van der Waals surface area contributed by atoms with Gasteiger partial charge in [0.15, 0.2) is 0 Å². The van der Waals surface area contributed by atoms with Gasteiger partial charge in [-0.1, -0.05) is 11.6 Å². The highest BCUT2D eigenvalue weighted by Gasteiger charge is 2.30. The number of nitrogens with zero attached hydrogens (tertiary/aromatic N) is 3. The molecular formula is C20H25N3O. The minimum Gasteiger partial charge on any atom is -0.371 e. The molecule has 24 heavy (non-hydrogen) atoms. The number of anilines is 1. The van der Waals surface area contributed by atoms with Crippen molar-refractivity contribution in [2.24, 2.45) is 5.92 Å². The van der Waals surface area contributed by atoms with E-state index < -0.39 is 0 Å². The van der Waals surface area contributed by atoms with Crippen LogP contribution in [0, 0.1) is 12.8 Å². The fraction of sp³-hybridized carbons (Fsp3) is 0.500. The molecule has 1 amide bonds. The molecule has 2 aromatic rings. The van der Waals surface area contributed by atoms with E-state index in [0.717, 1.165) is 44.5 Å². The second kappa shape index (κ2) is 6.42. The monoisotopic (exact) mass is 323 g/mol. The van der Waals surface area contributed by atoms with Crippen LogP contribution in [0.2, 0.25) is 0 Å². The highest BCUT2D eigenvalue weighted by molar-refractivity contribution is 5.92. The first-order valence-electron chi connectivity index (χ1n) is 9.11. The molecule has 2 fully saturated rings. The van der Waals surface area contributed by atoms with Crippen molar-refractivity contribution in [3.8, 4) is 0 Å². The van der Waals surface area contributed by atoms with Crippen molar-refractivity contribution >= 4 is 22.5 Å². The van der Waals surface area contributed by atoms with E-state index in [0.29, 0.717) is 5.91 Å². The number of carbonyl (C=O) groups excluding carboxylic acids is 1. The minimum absolute atomic E-state index is 0.217. The Labute approximate surface area is 143 Å². The second-order valence-corrected chi connectivity index (χ2v) is 7.14. The zero-order valence-corrected chi connectivity index (χ0v) is 14.4. The Balaban J connectivity index is 1.50. The summed E-state index contributed by atoms with van der Waals surface area (Å²) in [5.74, 6) is 0.608. The lowest BCUT2D eigenvalue weighted by Crippen LogP contribution is -2.41. The van der Waals surface area contributed by atoms with Crippen LogP contribution in [0.25, 0.3) is 10.9 Å². The second-order valence-electron chi connectivity index (χ2n) is 7.14. The van der Waals surface area contributed by atoms with E-state index in [4.69, 9.17) is 0 Å². The van der Waals surface area contributed by atoms with Crippen LogP contribution in [0.3, 0.4) is 0 Å². The molecule has 1 aromatic heterocycles. The molecule has 1 aromatic carbocycles. The number of piperidine rings is 1. The van der Waals surface area contributed by atoms with Gasteiger partial charge in [0.2, 0.25) is 5.91 Å². The Kier molecular flexibility index (Phi) is 4.13. The lowest BCUT2D eigenvalue weighted by atomic mass is 9.94. The van der Waals surface area contributed by atoms with Gasteiger partial charge >= 0.3 is 0 Å². The molecule has 2 aliphatic heterocycles. The average Bonchev–Trinajstić information content (AvgIpc) is 3.15. The number of rotatable bonds is 2. The normalized spacial score (nSPS) is 19.2. The number of fused-ring (bicyclic) bond motifs is 1. The van der Waals surface area contributed by atoms with Crippen molar-refractivity contribution in [3.05, 3.63) is 36.0 Å². The highest BCUT2D eigenvalue weighted by Crippen LogP contribution is 2.30. The summed E-state index contributed by atoms with van der Waals surface area (Å²) in [5, 5.41) is 1.22. The number of aryl methyl sites for hydroxylation is 1. The molecule has 0 N–H and O–H groups in total. The number of hydrogen-bond donors (Lipinski definition) is 0. The average molecular weight is 323 g/mol. The highest BCUT2D eigenvalue weighted by atomic mass is 16.2. The Morgan fingerprint density at radius 1 is 1.08 bits per heavy atom. The van der Waals surface area contributed by atoms with Gasteiger partial charge in [-0.25, -0.2) is 0 Å². The summed E-state index contributed by atoms with van der Waals surface area (Å²) in [4.78, 5) is 21.6. The van der Waals surface area contributed by atoms with E-state index in [9.17, 15) is 4.79 Å². The maximum absolute atomic E-state index is 12.6. The lowest BCUT2D eigenvalue weighted by molar-refractivity contribution is -0.135. The number of pyridine rings is 1. The predicted molar refractivity (Wildman–Crippen MR) is 97.2 cm³/mol. The molecule has 0 atom stereocenters. The van der Waals surface area contributed by atoms with Crippen LogP contribution in [0.1, 0.15) is 31.2 Å². The maximum atomic E-state index is 12.6. The summed E-state index contributed by atoms with van der Waals surface area (Å²) in [7, 11) is 0. The molecule has 0 spiro atoms. The quantitative estimate of drug-likeness (QED) is 0.850. The fourth-order valence-electron chi connectivity index (χ4n) is 4.08. The van der Waals surface area contributed by atoms with E-state index in [-0.39, 0.29) is 5.92 Å². The maximum Gasteiger partial charge on any atom is 0.225 e. The predicted octanol–water partition coefficient (Wildman–Crippen LogP) is 3.38. The molecular weight excluding hydrogens is 298 g/mol. The lowest BCUT2D eigenvalue weighted by Gasteiger charge is -2.35. The standard InChI is InChI=1S/C20H25N3O/c1-15-4-5-18-17(14-15)19(6-9-21-18)22-12-7-16(8-13-22)20(24)23-10-2-3-11-23/h4-6,9,14,16H,2-3,7-8,10-13H2,1H3. The van der Waals surface area contributed by atoms with Crippen molar-refractivity contribution in [1.29, 1.82) is 0 Å². The van der Waals surface area contributed by atoms with E-state index in [1.807, 2.05) is 6.20 Å². The molecule has 126 valence electrons. The fourth-order valence-corrected chi connectivity index (χ4v) is 4.08. The van der Waals surface area contributed by atoms with Crippen molar-refractivity contribution in [1.82, 2.24) is 9.88 Å². The SMILES string of the molecule is Cc1ccc2nccc(N3CCC(C(=O)N4CCCC4)CC3)c2c1. The van der Waals surface area contributed by atoms with Gasteiger partial charge in [0.1, 0.15) is 0 Å². The van der Waals surface area contributed by atoms with Crippen LogP contribution >= 0.6 is 0 Å². The topological polar surface area (TPSA) is 36.4 Å². The molecule has 2 saturated heterocycles. The molecule has 0 aliphatic carbocycles. The zero-order valence-electron chi connectivity index (χ0n) is 14.4.